The molecule has 1 aromatic rings. The zero-order valence-electron chi connectivity index (χ0n) is 8.73. The van der Waals surface area contributed by atoms with Crippen molar-refractivity contribution >= 4 is 5.69 Å². The van der Waals surface area contributed by atoms with E-state index in [0.717, 1.165) is 11.3 Å². The van der Waals surface area contributed by atoms with Crippen LogP contribution in [0.4, 0.5) is 5.69 Å². The van der Waals surface area contributed by atoms with Crippen LogP contribution in [-0.4, -0.2) is 24.5 Å². The molecule has 1 saturated heterocycles. The molecule has 1 fully saturated rings. The zero-order valence-corrected chi connectivity index (χ0v) is 8.73. The normalized spacial score (nSPS) is 31.5. The van der Waals surface area contributed by atoms with Crippen molar-refractivity contribution in [2.45, 2.75) is 18.7 Å². The number of hydrogen-bond acceptors (Lipinski definition) is 4. The fourth-order valence-electron chi connectivity index (χ4n) is 1.87. The number of aliphatic hydroxyl groups excluding tert-OH is 1. The summed E-state index contributed by atoms with van der Waals surface area (Å²) >= 11 is 0. The van der Waals surface area contributed by atoms with Crippen molar-refractivity contribution in [3.8, 4) is 0 Å². The lowest BCUT2D eigenvalue weighted by molar-refractivity contribution is -0.0707. The molecule has 0 radical (unpaired) electrons. The van der Waals surface area contributed by atoms with Crippen LogP contribution in [0.15, 0.2) is 24.3 Å². The molecule has 4 heteroatoms. The van der Waals surface area contributed by atoms with E-state index < -0.39 is 6.23 Å². The van der Waals surface area contributed by atoms with E-state index in [4.69, 9.17) is 10.5 Å². The monoisotopic (exact) mass is 208 g/mol. The third-order valence-corrected chi connectivity index (χ3v) is 2.68. The highest BCUT2D eigenvalue weighted by molar-refractivity contribution is 5.43. The number of nitrogens with one attached hydrogen (secondary N) is 1. The van der Waals surface area contributed by atoms with Crippen molar-refractivity contribution < 1.29 is 9.84 Å². The molecular formula is C11H16N2O2. The van der Waals surface area contributed by atoms with E-state index in [1.54, 1.807) is 0 Å². The van der Waals surface area contributed by atoms with Crippen molar-refractivity contribution in [3.05, 3.63) is 29.8 Å². The highest BCUT2D eigenvalue weighted by Crippen LogP contribution is 2.25. The number of aliphatic hydroxyl groups is 1. The van der Waals surface area contributed by atoms with Crippen LogP contribution in [0.25, 0.3) is 0 Å². The number of hydrogen-bond donors (Lipinski definition) is 3. The second kappa shape index (κ2) is 3.81. The first-order valence-corrected chi connectivity index (χ1v) is 5.00. The Kier molecular flexibility index (Phi) is 2.65. The van der Waals surface area contributed by atoms with Crippen LogP contribution < -0.4 is 11.1 Å². The van der Waals surface area contributed by atoms with Crippen molar-refractivity contribution in [2.75, 3.05) is 18.9 Å². The van der Waals surface area contributed by atoms with Gasteiger partial charge in [-0.15, -0.1) is 0 Å². The Morgan fingerprint density at radius 1 is 1.60 bits per heavy atom. The lowest BCUT2D eigenvalue weighted by Crippen LogP contribution is -2.55. The SMILES string of the molecule is CC1(c2cccc(N)c2)COCC(O)N1. The Hall–Kier alpha value is -1.10. The minimum atomic E-state index is -0.620. The van der Waals surface area contributed by atoms with E-state index in [1.165, 1.54) is 0 Å². The van der Waals surface area contributed by atoms with Gasteiger partial charge in [-0.2, -0.15) is 0 Å². The maximum Gasteiger partial charge on any atom is 0.129 e. The van der Waals surface area contributed by atoms with Crippen LogP contribution in [0.2, 0.25) is 0 Å². The van der Waals surface area contributed by atoms with Crippen molar-refractivity contribution in [1.82, 2.24) is 5.32 Å². The highest BCUT2D eigenvalue weighted by Gasteiger charge is 2.32. The van der Waals surface area contributed by atoms with Gasteiger partial charge < -0.3 is 15.6 Å². The number of nitrogen functional groups attached to an aromatic ring is 1. The van der Waals surface area contributed by atoms with E-state index in [9.17, 15) is 5.11 Å². The van der Waals surface area contributed by atoms with Crippen molar-refractivity contribution in [1.29, 1.82) is 0 Å². The average Bonchev–Trinajstić information content (AvgIpc) is 2.17. The molecule has 0 aliphatic carbocycles. The first kappa shape index (κ1) is 10.4. The predicted octanol–water partition coefficient (Wildman–Crippen LogP) is 0.422. The smallest absolute Gasteiger partial charge is 0.129 e. The molecule has 2 atom stereocenters. The predicted molar refractivity (Wildman–Crippen MR) is 58.2 cm³/mol. The Morgan fingerprint density at radius 3 is 3.07 bits per heavy atom. The van der Waals surface area contributed by atoms with Gasteiger partial charge in [-0.05, 0) is 24.6 Å². The lowest BCUT2D eigenvalue weighted by atomic mass is 9.91. The number of anilines is 1. The summed E-state index contributed by atoms with van der Waals surface area (Å²) in [7, 11) is 0. The van der Waals surface area contributed by atoms with Crippen LogP contribution in [0, 0.1) is 0 Å². The number of rotatable bonds is 1. The van der Waals surface area contributed by atoms with Crippen molar-refractivity contribution in [3.63, 3.8) is 0 Å². The maximum absolute atomic E-state index is 9.51. The summed E-state index contributed by atoms with van der Waals surface area (Å²) in [4.78, 5) is 0. The van der Waals surface area contributed by atoms with Gasteiger partial charge in [0.05, 0.1) is 18.8 Å². The second-order valence-electron chi connectivity index (χ2n) is 4.13. The first-order chi connectivity index (χ1) is 7.10. The zero-order chi connectivity index (χ0) is 10.9. The molecular weight excluding hydrogens is 192 g/mol. The van der Waals surface area contributed by atoms with Gasteiger partial charge in [0.25, 0.3) is 0 Å². The Bertz CT molecular complexity index is 356. The molecule has 1 heterocycles. The molecule has 1 aromatic carbocycles. The maximum atomic E-state index is 9.51. The molecule has 0 aromatic heterocycles. The topological polar surface area (TPSA) is 67.5 Å². The van der Waals surface area contributed by atoms with Crippen LogP contribution in [0.3, 0.4) is 0 Å². The summed E-state index contributed by atoms with van der Waals surface area (Å²) in [6, 6.07) is 7.62. The molecule has 4 N–H and O–H groups in total. The van der Waals surface area contributed by atoms with Crippen LogP contribution in [-0.2, 0) is 10.3 Å². The van der Waals surface area contributed by atoms with E-state index in [-0.39, 0.29) is 5.54 Å². The molecule has 2 unspecified atom stereocenters. The van der Waals surface area contributed by atoms with Gasteiger partial charge in [-0.1, -0.05) is 12.1 Å². The van der Waals surface area contributed by atoms with Gasteiger partial charge in [0.1, 0.15) is 6.23 Å². The van der Waals surface area contributed by atoms with Crippen LogP contribution >= 0.6 is 0 Å². The number of nitrogens with two attached hydrogens (primary N) is 1. The molecule has 0 amide bonds. The van der Waals surface area contributed by atoms with Gasteiger partial charge in [0, 0.05) is 5.69 Å². The van der Waals surface area contributed by atoms with E-state index >= 15 is 0 Å². The number of morpholine rings is 1. The summed E-state index contributed by atoms with van der Waals surface area (Å²) in [5, 5.41) is 12.6. The number of ether oxygens (including phenoxy) is 1. The van der Waals surface area contributed by atoms with Crippen LogP contribution in [0.5, 0.6) is 0 Å². The first-order valence-electron chi connectivity index (χ1n) is 5.00. The number of benzene rings is 1. The van der Waals surface area contributed by atoms with E-state index in [1.807, 2.05) is 31.2 Å². The summed E-state index contributed by atoms with van der Waals surface area (Å²) in [5.41, 5.74) is 7.11. The Balaban J connectivity index is 2.28. The minimum absolute atomic E-state index is 0.331. The summed E-state index contributed by atoms with van der Waals surface area (Å²) in [6.07, 6.45) is -0.620. The van der Waals surface area contributed by atoms with Crippen LogP contribution in [0.1, 0.15) is 12.5 Å². The van der Waals surface area contributed by atoms with Gasteiger partial charge in [-0.25, -0.2) is 0 Å². The second-order valence-corrected chi connectivity index (χ2v) is 4.13. The Labute approximate surface area is 89.0 Å². The summed E-state index contributed by atoms with van der Waals surface area (Å²) in [5.74, 6) is 0. The van der Waals surface area contributed by atoms with Gasteiger partial charge in [0.15, 0.2) is 0 Å². The molecule has 0 saturated carbocycles. The fourth-order valence-corrected chi connectivity index (χ4v) is 1.87. The molecule has 2 rings (SSSR count). The van der Waals surface area contributed by atoms with Gasteiger partial charge in [-0.3, -0.25) is 5.32 Å². The standard InChI is InChI=1S/C11H16N2O2/c1-11(7-15-6-10(14)13-11)8-3-2-4-9(12)5-8/h2-5,10,13-14H,6-7,12H2,1H3. The third-order valence-electron chi connectivity index (χ3n) is 2.68. The van der Waals surface area contributed by atoms with Crippen molar-refractivity contribution in [2.24, 2.45) is 0 Å². The Morgan fingerprint density at radius 2 is 2.40 bits per heavy atom. The lowest BCUT2D eigenvalue weighted by Gasteiger charge is -2.38. The largest absolute Gasteiger partial charge is 0.399 e. The van der Waals surface area contributed by atoms with Gasteiger partial charge in [0.2, 0.25) is 0 Å². The van der Waals surface area contributed by atoms with E-state index in [0.29, 0.717) is 13.2 Å². The molecule has 0 spiro atoms. The highest BCUT2D eigenvalue weighted by atomic mass is 16.5. The average molecular weight is 208 g/mol. The minimum Gasteiger partial charge on any atom is -0.399 e. The molecule has 4 nitrogen and oxygen atoms in total. The molecule has 15 heavy (non-hydrogen) atoms. The summed E-state index contributed by atoms with van der Waals surface area (Å²) in [6.45, 7) is 2.86. The summed E-state index contributed by atoms with van der Waals surface area (Å²) < 4.78 is 5.34. The van der Waals surface area contributed by atoms with Gasteiger partial charge >= 0.3 is 0 Å². The third kappa shape index (κ3) is 2.12. The molecule has 1 aliphatic heterocycles. The molecule has 0 bridgehead atoms. The quantitative estimate of drug-likeness (QED) is 0.585. The molecule has 82 valence electrons. The van der Waals surface area contributed by atoms with E-state index in [2.05, 4.69) is 5.32 Å². The fraction of sp³-hybridized carbons (Fsp3) is 0.455. The molecule has 1 aliphatic rings.